The lowest BCUT2D eigenvalue weighted by Gasteiger charge is -2.39. The largest absolute Gasteiger partial charge is 0.467 e. The van der Waals surface area contributed by atoms with Crippen LogP contribution in [0.3, 0.4) is 0 Å². The molecule has 2 N–H and O–H groups in total. The minimum atomic E-state index is -0.634. The second-order valence-electron chi connectivity index (χ2n) is 8.18. The number of benzene rings is 1. The minimum absolute atomic E-state index is 0.0380. The van der Waals surface area contributed by atoms with Gasteiger partial charge in [0, 0.05) is 29.7 Å². The van der Waals surface area contributed by atoms with E-state index in [0.717, 1.165) is 11.9 Å². The summed E-state index contributed by atoms with van der Waals surface area (Å²) in [5.74, 6) is -0.881. The van der Waals surface area contributed by atoms with Crippen molar-refractivity contribution in [1.82, 2.24) is 15.2 Å². The molecule has 148 valence electrons. The number of amides is 1. The minimum Gasteiger partial charge on any atom is -0.467 e. The summed E-state index contributed by atoms with van der Waals surface area (Å²) in [5.41, 5.74) is 4.85. The number of hydrogen-bond acceptors (Lipinski definition) is 4. The van der Waals surface area contributed by atoms with Crippen molar-refractivity contribution in [3.05, 3.63) is 41.6 Å². The Bertz CT molecular complexity index is 959. The molecule has 1 aromatic heterocycles. The standard InChI is InChI=1S/C22H27N3O3/c1-12(2)20(22(27)28-4)24-21(26)14-8-16-15-6-5-7-17-19(15)13(10-23-17)9-18(16)25(3)11-14/h5-8,10,12,14,18,20,23H,9,11H2,1-4H3,(H,24,26)/t14-,18-,20?/m1/s1. The van der Waals surface area contributed by atoms with Gasteiger partial charge in [0.15, 0.2) is 0 Å². The fourth-order valence-corrected chi connectivity index (χ4v) is 4.50. The predicted molar refractivity (Wildman–Crippen MR) is 109 cm³/mol. The summed E-state index contributed by atoms with van der Waals surface area (Å²) in [6, 6.07) is 5.90. The molecule has 0 radical (unpaired) electrons. The summed E-state index contributed by atoms with van der Waals surface area (Å²) in [4.78, 5) is 30.6. The third kappa shape index (κ3) is 3.02. The van der Waals surface area contributed by atoms with Crippen LogP contribution in [-0.2, 0) is 20.7 Å². The molecule has 6 nitrogen and oxygen atoms in total. The van der Waals surface area contributed by atoms with Gasteiger partial charge in [-0.15, -0.1) is 0 Å². The normalized spacial score (nSPS) is 22.5. The van der Waals surface area contributed by atoms with Gasteiger partial charge < -0.3 is 15.0 Å². The number of nitrogens with one attached hydrogen (secondary N) is 2. The summed E-state index contributed by atoms with van der Waals surface area (Å²) in [7, 11) is 3.41. The first-order valence-electron chi connectivity index (χ1n) is 9.80. The number of methoxy groups -OCH3 is 1. The maximum atomic E-state index is 13.0. The van der Waals surface area contributed by atoms with Gasteiger partial charge in [0.1, 0.15) is 6.04 Å². The van der Waals surface area contributed by atoms with Crippen molar-refractivity contribution in [3.63, 3.8) is 0 Å². The van der Waals surface area contributed by atoms with Crippen molar-refractivity contribution in [2.24, 2.45) is 11.8 Å². The number of aromatic nitrogens is 1. The maximum Gasteiger partial charge on any atom is 0.328 e. The second kappa shape index (κ2) is 7.09. The number of likely N-dealkylation sites (N-methyl/N-ethyl adjacent to an activating group) is 1. The van der Waals surface area contributed by atoms with Gasteiger partial charge in [-0.25, -0.2) is 4.79 Å². The molecule has 0 fully saturated rings. The van der Waals surface area contributed by atoms with E-state index < -0.39 is 12.0 Å². The van der Waals surface area contributed by atoms with Crippen LogP contribution in [0.4, 0.5) is 0 Å². The summed E-state index contributed by atoms with van der Waals surface area (Å²) >= 11 is 0. The Morgan fingerprint density at radius 3 is 2.82 bits per heavy atom. The molecule has 6 heteroatoms. The highest BCUT2D eigenvalue weighted by atomic mass is 16.5. The van der Waals surface area contributed by atoms with Crippen LogP contribution in [-0.4, -0.2) is 54.5 Å². The zero-order valence-electron chi connectivity index (χ0n) is 16.8. The van der Waals surface area contributed by atoms with Gasteiger partial charge in [-0.05, 0) is 42.2 Å². The first kappa shape index (κ1) is 18.7. The number of rotatable bonds is 4. The summed E-state index contributed by atoms with van der Waals surface area (Å²) in [5, 5.41) is 4.16. The third-order valence-corrected chi connectivity index (χ3v) is 6.02. The molecule has 0 saturated heterocycles. The predicted octanol–water partition coefficient (Wildman–Crippen LogP) is 2.35. The zero-order chi connectivity index (χ0) is 20.0. The molecule has 1 aliphatic heterocycles. The van der Waals surface area contributed by atoms with Gasteiger partial charge in [-0.3, -0.25) is 9.69 Å². The Kier molecular flexibility index (Phi) is 4.75. The van der Waals surface area contributed by atoms with E-state index in [9.17, 15) is 9.59 Å². The van der Waals surface area contributed by atoms with Crippen molar-refractivity contribution in [1.29, 1.82) is 0 Å². The van der Waals surface area contributed by atoms with Crippen molar-refractivity contribution in [3.8, 4) is 0 Å². The van der Waals surface area contributed by atoms with E-state index in [1.165, 1.54) is 29.2 Å². The van der Waals surface area contributed by atoms with E-state index in [0.29, 0.717) is 6.54 Å². The van der Waals surface area contributed by atoms with Gasteiger partial charge in [-0.2, -0.15) is 0 Å². The summed E-state index contributed by atoms with van der Waals surface area (Å²) in [6.07, 6.45) is 5.13. The molecular weight excluding hydrogens is 354 g/mol. The molecule has 1 aromatic carbocycles. The van der Waals surface area contributed by atoms with E-state index in [2.05, 4.69) is 52.7 Å². The lowest BCUT2D eigenvalue weighted by Crippen LogP contribution is -2.51. The van der Waals surface area contributed by atoms with Gasteiger partial charge >= 0.3 is 5.97 Å². The summed E-state index contributed by atoms with van der Waals surface area (Å²) < 4.78 is 4.85. The summed E-state index contributed by atoms with van der Waals surface area (Å²) in [6.45, 7) is 4.43. The quantitative estimate of drug-likeness (QED) is 0.798. The van der Waals surface area contributed by atoms with Crippen LogP contribution < -0.4 is 5.32 Å². The SMILES string of the molecule is COC(=O)C(NC(=O)[C@@H]1C=C2c3cccc4[nH]cc(c34)C[C@H]2N(C)C1)C(C)C. The van der Waals surface area contributed by atoms with Crippen LogP contribution in [0.1, 0.15) is 25.0 Å². The lowest BCUT2D eigenvalue weighted by molar-refractivity contribution is -0.146. The van der Waals surface area contributed by atoms with E-state index in [4.69, 9.17) is 4.74 Å². The van der Waals surface area contributed by atoms with E-state index >= 15 is 0 Å². The third-order valence-electron chi connectivity index (χ3n) is 6.02. The molecule has 1 unspecified atom stereocenters. The van der Waals surface area contributed by atoms with Crippen LogP contribution in [0, 0.1) is 11.8 Å². The Morgan fingerprint density at radius 2 is 2.11 bits per heavy atom. The number of ether oxygens (including phenoxy) is 1. The number of esters is 1. The number of hydrogen-bond donors (Lipinski definition) is 2. The molecule has 0 spiro atoms. The molecule has 0 bridgehead atoms. The van der Waals surface area contributed by atoms with Gasteiger partial charge in [-0.1, -0.05) is 32.1 Å². The Morgan fingerprint density at radius 1 is 1.32 bits per heavy atom. The number of aromatic amines is 1. The average Bonchev–Trinajstić information content (AvgIpc) is 3.10. The molecule has 28 heavy (non-hydrogen) atoms. The topological polar surface area (TPSA) is 74.4 Å². The molecule has 2 aromatic rings. The molecule has 3 atom stereocenters. The van der Waals surface area contributed by atoms with Gasteiger partial charge in [0.05, 0.1) is 13.0 Å². The highest BCUT2D eigenvalue weighted by molar-refractivity contribution is 5.99. The molecule has 2 heterocycles. The number of H-pyrrole nitrogens is 1. The van der Waals surface area contributed by atoms with Crippen molar-refractivity contribution in [2.75, 3.05) is 20.7 Å². The highest BCUT2D eigenvalue weighted by Gasteiger charge is 2.36. The molecule has 4 rings (SSSR count). The fraction of sp³-hybridized carbons (Fsp3) is 0.455. The molecule has 0 saturated carbocycles. The average molecular weight is 381 g/mol. The molecule has 1 aliphatic carbocycles. The maximum absolute atomic E-state index is 13.0. The van der Waals surface area contributed by atoms with Crippen LogP contribution in [0.5, 0.6) is 0 Å². The smallest absolute Gasteiger partial charge is 0.328 e. The molecule has 1 amide bonds. The van der Waals surface area contributed by atoms with Crippen LogP contribution in [0.2, 0.25) is 0 Å². The van der Waals surface area contributed by atoms with E-state index in [-0.39, 0.29) is 23.8 Å². The van der Waals surface area contributed by atoms with Crippen LogP contribution in [0.25, 0.3) is 16.5 Å². The first-order valence-corrected chi connectivity index (χ1v) is 9.80. The highest BCUT2D eigenvalue weighted by Crippen LogP contribution is 2.40. The van der Waals surface area contributed by atoms with Gasteiger partial charge in [0.2, 0.25) is 5.91 Å². The first-order chi connectivity index (χ1) is 13.4. The number of carbonyl (C=O) groups is 2. The van der Waals surface area contributed by atoms with Crippen molar-refractivity contribution >= 4 is 28.4 Å². The van der Waals surface area contributed by atoms with Crippen LogP contribution in [0.15, 0.2) is 30.5 Å². The monoisotopic (exact) mass is 381 g/mol. The van der Waals surface area contributed by atoms with E-state index in [1.54, 1.807) is 0 Å². The van der Waals surface area contributed by atoms with Crippen LogP contribution >= 0.6 is 0 Å². The van der Waals surface area contributed by atoms with E-state index in [1.807, 2.05) is 13.8 Å². The Labute approximate surface area is 164 Å². The van der Waals surface area contributed by atoms with Crippen molar-refractivity contribution in [2.45, 2.75) is 32.4 Å². The van der Waals surface area contributed by atoms with Gasteiger partial charge in [0.25, 0.3) is 0 Å². The lowest BCUT2D eigenvalue weighted by atomic mass is 9.79. The number of fused-ring (bicyclic) bond motifs is 2. The van der Waals surface area contributed by atoms with Crippen molar-refractivity contribution < 1.29 is 14.3 Å². The zero-order valence-corrected chi connectivity index (χ0v) is 16.8. The second-order valence-corrected chi connectivity index (χ2v) is 8.18. The number of carbonyl (C=O) groups excluding carboxylic acids is 2. The Balaban J connectivity index is 1.67. The fourth-order valence-electron chi connectivity index (χ4n) is 4.50. The number of nitrogens with zero attached hydrogens (tertiary/aromatic N) is 1. The molecule has 2 aliphatic rings. The molecular formula is C22H27N3O3. The Hall–Kier alpha value is -2.60.